The fraction of sp³-hybridized carbons (Fsp3) is 0.0769. The predicted molar refractivity (Wildman–Crippen MR) is 175 cm³/mol. The van der Waals surface area contributed by atoms with Gasteiger partial charge in [0.2, 0.25) is 0 Å². The van der Waals surface area contributed by atoms with Crippen molar-refractivity contribution in [2.24, 2.45) is 0 Å². The van der Waals surface area contributed by atoms with Crippen LogP contribution in [0.4, 0.5) is 35.1 Å². The SMILES string of the molecule is COC(=O)c1ccncc1.COC(=O)c1ccncc1.Fc1c(F)c(I)c(F)c(F)c1I.Fc1c(F)c(I)c(F)c(F)c1I. The van der Waals surface area contributed by atoms with Gasteiger partial charge in [-0.05, 0) is 115 Å². The molecule has 0 aliphatic heterocycles. The molecule has 4 rings (SSSR count). The number of aromatic nitrogens is 2. The Bertz CT molecular complexity index is 1280. The van der Waals surface area contributed by atoms with Crippen LogP contribution in [0.5, 0.6) is 0 Å². The molecule has 2 aromatic carbocycles. The molecule has 2 heterocycles. The highest BCUT2D eigenvalue weighted by Crippen LogP contribution is 2.27. The molecule has 0 bridgehead atoms. The first-order valence-electron chi connectivity index (χ1n) is 10.9. The average Bonchev–Trinajstić information content (AvgIpc) is 3.07. The molecular formula is C26H14F8I4N2O4. The van der Waals surface area contributed by atoms with Gasteiger partial charge in [-0.2, -0.15) is 0 Å². The van der Waals surface area contributed by atoms with Crippen molar-refractivity contribution < 1.29 is 54.2 Å². The maximum atomic E-state index is 12.6. The zero-order valence-electron chi connectivity index (χ0n) is 21.7. The maximum Gasteiger partial charge on any atom is 0.337 e. The quantitative estimate of drug-likeness (QED) is 0.0659. The number of methoxy groups -OCH3 is 2. The zero-order valence-corrected chi connectivity index (χ0v) is 30.3. The highest BCUT2D eigenvalue weighted by molar-refractivity contribution is 14.1. The molecule has 0 amide bonds. The van der Waals surface area contributed by atoms with Gasteiger partial charge in [-0.15, -0.1) is 0 Å². The van der Waals surface area contributed by atoms with Gasteiger partial charge in [0.25, 0.3) is 0 Å². The van der Waals surface area contributed by atoms with Crippen molar-refractivity contribution in [3.63, 3.8) is 0 Å². The smallest absolute Gasteiger partial charge is 0.337 e. The molecule has 0 spiro atoms. The number of esters is 2. The van der Waals surface area contributed by atoms with Gasteiger partial charge in [0.1, 0.15) is 0 Å². The van der Waals surface area contributed by atoms with Crippen LogP contribution >= 0.6 is 90.4 Å². The van der Waals surface area contributed by atoms with E-state index >= 15 is 0 Å². The lowest BCUT2D eigenvalue weighted by Gasteiger charge is -2.02. The van der Waals surface area contributed by atoms with Gasteiger partial charge < -0.3 is 9.47 Å². The van der Waals surface area contributed by atoms with Crippen LogP contribution in [0.3, 0.4) is 0 Å². The number of hydrogen-bond donors (Lipinski definition) is 0. The standard InChI is InChI=1S/2C7H7NO2.2C6F4I2/c2*1-10-7(9)6-2-4-8-5-3-6;2*7-1-2(8)6(12)4(10)3(9)5(1)11/h2*2-5H,1H3;;. The van der Waals surface area contributed by atoms with Crippen LogP contribution in [-0.4, -0.2) is 36.1 Å². The molecule has 236 valence electrons. The number of carbonyl (C=O) groups excluding carboxylic acids is 2. The van der Waals surface area contributed by atoms with Gasteiger partial charge in [-0.1, -0.05) is 0 Å². The van der Waals surface area contributed by atoms with Gasteiger partial charge in [-0.3, -0.25) is 9.97 Å². The number of carbonyl (C=O) groups is 2. The summed E-state index contributed by atoms with van der Waals surface area (Å²) in [5.41, 5.74) is 1.05. The van der Waals surface area contributed by atoms with Crippen molar-refractivity contribution >= 4 is 102 Å². The lowest BCUT2D eigenvalue weighted by atomic mass is 10.3. The van der Waals surface area contributed by atoms with Crippen molar-refractivity contribution in [2.75, 3.05) is 14.2 Å². The third-order valence-electron chi connectivity index (χ3n) is 4.52. The van der Waals surface area contributed by atoms with Gasteiger partial charge >= 0.3 is 11.9 Å². The van der Waals surface area contributed by atoms with E-state index in [1.54, 1.807) is 49.1 Å². The lowest BCUT2D eigenvalue weighted by Crippen LogP contribution is -2.02. The Morgan fingerprint density at radius 1 is 0.477 bits per heavy atom. The monoisotopic (exact) mass is 1080 g/mol. The van der Waals surface area contributed by atoms with E-state index in [-0.39, 0.29) is 11.9 Å². The van der Waals surface area contributed by atoms with E-state index < -0.39 is 60.8 Å². The second kappa shape index (κ2) is 19.5. The van der Waals surface area contributed by atoms with Gasteiger partial charge in [0.15, 0.2) is 46.5 Å². The molecule has 0 radical (unpaired) electrons. The molecule has 0 saturated heterocycles. The molecule has 18 heteroatoms. The summed E-state index contributed by atoms with van der Waals surface area (Å²) in [7, 11) is 2.70. The van der Waals surface area contributed by atoms with Crippen molar-refractivity contribution in [2.45, 2.75) is 0 Å². The molecule has 44 heavy (non-hydrogen) atoms. The number of hydrogen-bond acceptors (Lipinski definition) is 6. The third kappa shape index (κ3) is 11.1. The number of benzene rings is 2. The minimum Gasteiger partial charge on any atom is -0.465 e. The lowest BCUT2D eigenvalue weighted by molar-refractivity contribution is 0.0591. The summed E-state index contributed by atoms with van der Waals surface area (Å²) >= 11 is 4.81. The minimum atomic E-state index is -1.35. The summed E-state index contributed by atoms with van der Waals surface area (Å²) in [4.78, 5) is 29.0. The molecule has 0 saturated carbocycles. The number of nitrogens with zero attached hydrogens (tertiary/aromatic N) is 2. The first-order valence-corrected chi connectivity index (χ1v) is 15.2. The summed E-state index contributed by atoms with van der Waals surface area (Å²) < 4.78 is 107. The summed E-state index contributed by atoms with van der Waals surface area (Å²) in [5, 5.41) is 0. The van der Waals surface area contributed by atoms with Gasteiger partial charge in [0.05, 0.1) is 39.6 Å². The van der Waals surface area contributed by atoms with Crippen LogP contribution in [0.2, 0.25) is 0 Å². The van der Waals surface area contributed by atoms with Crippen LogP contribution in [0, 0.1) is 60.8 Å². The topological polar surface area (TPSA) is 78.4 Å². The first kappa shape index (κ1) is 40.1. The van der Waals surface area contributed by atoms with E-state index in [2.05, 4.69) is 19.4 Å². The van der Waals surface area contributed by atoms with Crippen LogP contribution in [-0.2, 0) is 9.47 Å². The molecule has 0 aliphatic carbocycles. The van der Waals surface area contributed by atoms with E-state index in [0.29, 0.717) is 11.1 Å². The number of rotatable bonds is 2. The van der Waals surface area contributed by atoms with Crippen LogP contribution in [0.1, 0.15) is 20.7 Å². The zero-order chi connectivity index (χ0) is 33.7. The Hall–Kier alpha value is -1.96. The Morgan fingerprint density at radius 2 is 0.659 bits per heavy atom. The normalized spacial score (nSPS) is 9.77. The summed E-state index contributed by atoms with van der Waals surface area (Å²) in [6.45, 7) is 0. The summed E-state index contributed by atoms with van der Waals surface area (Å²) in [5.74, 6) is -11.4. The van der Waals surface area contributed by atoms with Crippen LogP contribution in [0.25, 0.3) is 0 Å². The average molecular weight is 1080 g/mol. The molecule has 4 aromatic rings. The van der Waals surface area contributed by atoms with Crippen molar-refractivity contribution in [1.29, 1.82) is 0 Å². The second-order valence-corrected chi connectivity index (χ2v) is 11.5. The maximum absolute atomic E-state index is 12.6. The van der Waals surface area contributed by atoms with E-state index in [1.165, 1.54) is 105 Å². The molecule has 0 fully saturated rings. The Balaban J connectivity index is 0.000000294. The fourth-order valence-electron chi connectivity index (χ4n) is 2.37. The highest BCUT2D eigenvalue weighted by atomic mass is 127. The van der Waals surface area contributed by atoms with Crippen LogP contribution in [0.15, 0.2) is 49.1 Å². The molecule has 2 aromatic heterocycles. The van der Waals surface area contributed by atoms with E-state index in [0.717, 1.165) is 0 Å². The largest absolute Gasteiger partial charge is 0.465 e. The number of pyridine rings is 2. The van der Waals surface area contributed by atoms with Gasteiger partial charge in [0, 0.05) is 24.8 Å². The van der Waals surface area contributed by atoms with E-state index in [4.69, 9.17) is 0 Å². The van der Waals surface area contributed by atoms with E-state index in [1.807, 2.05) is 0 Å². The highest BCUT2D eigenvalue weighted by Gasteiger charge is 2.22. The van der Waals surface area contributed by atoms with Crippen molar-refractivity contribution in [3.05, 3.63) is 121 Å². The van der Waals surface area contributed by atoms with E-state index in [9.17, 15) is 44.7 Å². The first-order chi connectivity index (χ1) is 20.6. The third-order valence-corrected chi connectivity index (χ3v) is 8.30. The predicted octanol–water partition coefficient (Wildman–Crippen LogP) is 8.64. The van der Waals surface area contributed by atoms with Crippen molar-refractivity contribution in [3.8, 4) is 0 Å². The van der Waals surface area contributed by atoms with Crippen LogP contribution < -0.4 is 0 Å². The van der Waals surface area contributed by atoms with Gasteiger partial charge in [-0.25, -0.2) is 44.7 Å². The molecule has 0 unspecified atom stereocenters. The second-order valence-electron chi connectivity index (χ2n) is 7.22. The number of halogens is 12. The Morgan fingerprint density at radius 3 is 0.818 bits per heavy atom. The molecular weight excluding hydrogens is 1060 g/mol. The fourth-order valence-corrected chi connectivity index (χ4v) is 4.26. The molecule has 0 aliphatic rings. The molecule has 0 N–H and O–H groups in total. The Kier molecular flexibility index (Phi) is 17.8. The van der Waals surface area contributed by atoms with Crippen molar-refractivity contribution in [1.82, 2.24) is 9.97 Å². The number of ether oxygens (including phenoxy) is 2. The summed E-state index contributed by atoms with van der Waals surface area (Å²) in [6.07, 6.45) is 6.19. The minimum absolute atomic E-state index is 0.331. The molecule has 0 atom stereocenters. The Labute approximate surface area is 298 Å². The molecule has 6 nitrogen and oxygen atoms in total. The summed E-state index contributed by atoms with van der Waals surface area (Å²) in [6, 6.07) is 6.41.